The van der Waals surface area contributed by atoms with Crippen molar-refractivity contribution in [3.05, 3.63) is 23.8 Å². The van der Waals surface area contributed by atoms with Crippen LogP contribution < -0.4 is 9.46 Å². The molecule has 1 heterocycles. The number of halogens is 3. The molecule has 0 saturated heterocycles. The van der Waals surface area contributed by atoms with Crippen LogP contribution in [0.15, 0.2) is 18.2 Å². The zero-order valence-electron chi connectivity index (χ0n) is 24.2. The van der Waals surface area contributed by atoms with Crippen LogP contribution in [0.25, 0.3) is 0 Å². The molecule has 0 bridgehead atoms. The molecule has 1 aromatic rings. The smallest absolute Gasteiger partial charge is 0.389 e. The fourth-order valence-electron chi connectivity index (χ4n) is 4.47. The zero-order valence-corrected chi connectivity index (χ0v) is 25.1. The van der Waals surface area contributed by atoms with Gasteiger partial charge in [-0.25, -0.2) is 8.42 Å². The summed E-state index contributed by atoms with van der Waals surface area (Å²) >= 11 is 0. The number of hydrogen-bond acceptors (Lipinski definition) is 7. The highest BCUT2D eigenvalue weighted by molar-refractivity contribution is 7.92. The van der Waals surface area contributed by atoms with E-state index in [2.05, 4.69) is 4.72 Å². The predicted molar refractivity (Wildman–Crippen MR) is 148 cm³/mol. The lowest BCUT2D eigenvalue weighted by molar-refractivity contribution is -0.149. The first-order valence-electron chi connectivity index (χ1n) is 13.6. The van der Waals surface area contributed by atoms with Gasteiger partial charge in [-0.2, -0.15) is 13.2 Å². The molecule has 1 aliphatic heterocycles. The summed E-state index contributed by atoms with van der Waals surface area (Å²) in [6.45, 7) is 5.37. The van der Waals surface area contributed by atoms with E-state index in [1.165, 1.54) is 35.0 Å². The van der Waals surface area contributed by atoms with Crippen molar-refractivity contribution >= 4 is 27.5 Å². The number of aliphatic hydroxyl groups is 1. The number of sulfonamides is 1. The third kappa shape index (κ3) is 11.7. The van der Waals surface area contributed by atoms with Gasteiger partial charge in [-0.15, -0.1) is 0 Å². The van der Waals surface area contributed by atoms with Crippen LogP contribution in [-0.2, 0) is 19.6 Å². The van der Waals surface area contributed by atoms with E-state index in [4.69, 9.17) is 9.47 Å². The minimum Gasteiger partial charge on any atom is -0.490 e. The molecule has 0 saturated carbocycles. The maximum absolute atomic E-state index is 13.9. The summed E-state index contributed by atoms with van der Waals surface area (Å²) in [5.41, 5.74) is 0.272. The molecule has 14 heteroatoms. The predicted octanol–water partition coefficient (Wildman–Crippen LogP) is 3.65. The lowest BCUT2D eigenvalue weighted by Crippen LogP contribution is -2.48. The lowest BCUT2D eigenvalue weighted by atomic mass is 10.0. The number of fused-ring (bicyclic) bond motifs is 1. The van der Waals surface area contributed by atoms with E-state index in [1.807, 2.05) is 6.92 Å². The number of nitrogens with zero attached hydrogens (tertiary/aromatic N) is 2. The van der Waals surface area contributed by atoms with E-state index in [1.54, 1.807) is 13.8 Å². The average Bonchev–Trinajstić information content (AvgIpc) is 2.87. The first-order chi connectivity index (χ1) is 19.0. The van der Waals surface area contributed by atoms with Crippen LogP contribution in [0.2, 0.25) is 0 Å². The van der Waals surface area contributed by atoms with E-state index < -0.39 is 58.9 Å². The van der Waals surface area contributed by atoms with Crippen LogP contribution in [0.4, 0.5) is 18.9 Å². The topological polar surface area (TPSA) is 125 Å². The molecule has 41 heavy (non-hydrogen) atoms. The van der Waals surface area contributed by atoms with Crippen LogP contribution in [0.3, 0.4) is 0 Å². The Morgan fingerprint density at radius 2 is 1.95 bits per heavy atom. The average molecular weight is 610 g/mol. The van der Waals surface area contributed by atoms with E-state index in [0.29, 0.717) is 19.4 Å². The monoisotopic (exact) mass is 609 g/mol. The first kappa shape index (κ1) is 34.6. The van der Waals surface area contributed by atoms with Crippen molar-refractivity contribution in [3.8, 4) is 5.75 Å². The second-order valence-corrected chi connectivity index (χ2v) is 12.5. The number of ether oxygens (including phenoxy) is 2. The first-order valence-corrected chi connectivity index (χ1v) is 15.5. The SMILES string of the molecule is C[C@@H]1CN([C@@H](C)CO)C(=O)c2cc(NS(C)(=O)=O)ccc2O[C@@H](C)CCCCO[C@@H]1CN(C)C(=O)CCC(F)(F)F. The number of carbonyl (C=O) groups is 2. The van der Waals surface area contributed by atoms with Crippen molar-refractivity contribution in [1.82, 2.24) is 9.80 Å². The van der Waals surface area contributed by atoms with Crippen molar-refractivity contribution in [2.24, 2.45) is 5.92 Å². The minimum atomic E-state index is -4.44. The number of nitrogens with one attached hydrogen (secondary N) is 1. The summed E-state index contributed by atoms with van der Waals surface area (Å²) in [5, 5.41) is 9.98. The number of amides is 2. The van der Waals surface area contributed by atoms with Crippen molar-refractivity contribution in [3.63, 3.8) is 0 Å². The van der Waals surface area contributed by atoms with Gasteiger partial charge in [0.05, 0.1) is 43.1 Å². The number of likely N-dealkylation sites (N-methyl/N-ethyl adjacent to an activating group) is 1. The van der Waals surface area contributed by atoms with Crippen molar-refractivity contribution in [2.75, 3.05) is 44.3 Å². The molecule has 0 unspecified atom stereocenters. The van der Waals surface area contributed by atoms with Gasteiger partial charge >= 0.3 is 6.18 Å². The Morgan fingerprint density at radius 3 is 2.56 bits per heavy atom. The molecular formula is C27H42F3N3O7S. The second kappa shape index (κ2) is 15.1. The Labute approximate surface area is 240 Å². The minimum absolute atomic E-state index is 0.0198. The molecule has 234 valence electrons. The fourth-order valence-corrected chi connectivity index (χ4v) is 5.03. The molecule has 10 nitrogen and oxygen atoms in total. The highest BCUT2D eigenvalue weighted by Crippen LogP contribution is 2.29. The van der Waals surface area contributed by atoms with Gasteiger partial charge in [-0.3, -0.25) is 14.3 Å². The van der Waals surface area contributed by atoms with Gasteiger partial charge in [0.2, 0.25) is 15.9 Å². The van der Waals surface area contributed by atoms with Crippen LogP contribution in [0.5, 0.6) is 5.75 Å². The summed E-state index contributed by atoms with van der Waals surface area (Å²) in [4.78, 5) is 29.0. The van der Waals surface area contributed by atoms with E-state index in [0.717, 1.165) is 12.7 Å². The molecule has 0 spiro atoms. The number of benzene rings is 1. The van der Waals surface area contributed by atoms with Gasteiger partial charge in [0.15, 0.2) is 0 Å². The molecule has 0 fully saturated rings. The van der Waals surface area contributed by atoms with Gasteiger partial charge in [0.1, 0.15) is 5.75 Å². The highest BCUT2D eigenvalue weighted by Gasteiger charge is 2.32. The summed E-state index contributed by atoms with van der Waals surface area (Å²) in [7, 11) is -2.21. The molecule has 1 aliphatic rings. The van der Waals surface area contributed by atoms with E-state index in [9.17, 15) is 36.3 Å². The molecule has 0 aliphatic carbocycles. The molecule has 0 aromatic heterocycles. The molecule has 1 aromatic carbocycles. The summed E-state index contributed by atoms with van der Waals surface area (Å²) in [6.07, 6.45) is -4.20. The number of carbonyl (C=O) groups excluding carboxylic acids is 2. The highest BCUT2D eigenvalue weighted by atomic mass is 32.2. The van der Waals surface area contributed by atoms with Crippen molar-refractivity contribution in [2.45, 2.75) is 77.3 Å². The van der Waals surface area contributed by atoms with E-state index in [-0.39, 0.29) is 42.8 Å². The normalized spacial score (nSPS) is 22.2. The Morgan fingerprint density at radius 1 is 1.27 bits per heavy atom. The quantitative estimate of drug-likeness (QED) is 0.461. The van der Waals surface area contributed by atoms with Crippen LogP contribution in [0.1, 0.15) is 63.2 Å². The van der Waals surface area contributed by atoms with Crippen LogP contribution in [-0.4, -0.2) is 99.2 Å². The lowest BCUT2D eigenvalue weighted by Gasteiger charge is -2.36. The Kier molecular flexibility index (Phi) is 12.7. The van der Waals surface area contributed by atoms with Crippen LogP contribution in [0, 0.1) is 5.92 Å². The van der Waals surface area contributed by atoms with Gasteiger partial charge < -0.3 is 24.4 Å². The number of anilines is 1. The maximum Gasteiger partial charge on any atom is 0.389 e. The summed E-state index contributed by atoms with van der Waals surface area (Å²) in [5.74, 6) is -1.30. The summed E-state index contributed by atoms with van der Waals surface area (Å²) < 4.78 is 76.2. The Hall–Kier alpha value is -2.58. The zero-order chi connectivity index (χ0) is 31.0. The number of alkyl halides is 3. The number of aliphatic hydroxyl groups excluding tert-OH is 1. The van der Waals surface area contributed by atoms with Gasteiger partial charge in [-0.1, -0.05) is 6.92 Å². The maximum atomic E-state index is 13.9. The molecule has 2 N–H and O–H groups in total. The third-order valence-electron chi connectivity index (χ3n) is 6.86. The van der Waals surface area contributed by atoms with Crippen molar-refractivity contribution in [1.29, 1.82) is 0 Å². The van der Waals surface area contributed by atoms with Gasteiger partial charge in [0.25, 0.3) is 5.91 Å². The molecule has 0 radical (unpaired) electrons. The number of hydrogen-bond donors (Lipinski definition) is 2. The fraction of sp³-hybridized carbons (Fsp3) is 0.704. The standard InChI is InChI=1S/C27H42F3N3O7S/c1-18-15-33(19(2)17-34)26(36)22-14-21(31-41(5,37)38)9-10-23(22)40-20(3)8-6-7-13-39-24(18)16-32(4)25(35)11-12-27(28,29)30/h9-10,14,18-20,24,31,34H,6-8,11-13,15-17H2,1-5H3/t18-,19+,20+,24-/m1/s1. The van der Waals surface area contributed by atoms with Gasteiger partial charge in [0, 0.05) is 44.8 Å². The van der Waals surface area contributed by atoms with Gasteiger partial charge in [-0.05, 0) is 51.3 Å². The molecule has 2 rings (SSSR count). The molecule has 4 atom stereocenters. The van der Waals surface area contributed by atoms with Crippen LogP contribution >= 0.6 is 0 Å². The molecular weight excluding hydrogens is 567 g/mol. The summed E-state index contributed by atoms with van der Waals surface area (Å²) in [6, 6.07) is 3.77. The molecule has 2 amide bonds. The second-order valence-electron chi connectivity index (χ2n) is 10.8. The number of rotatable bonds is 8. The Bertz CT molecular complexity index is 1130. The van der Waals surface area contributed by atoms with Crippen molar-refractivity contribution < 1.29 is 45.8 Å². The van der Waals surface area contributed by atoms with E-state index >= 15 is 0 Å². The third-order valence-corrected chi connectivity index (χ3v) is 7.46. The largest absolute Gasteiger partial charge is 0.490 e. The Balaban J connectivity index is 2.42.